The van der Waals surface area contributed by atoms with Crippen molar-refractivity contribution in [2.45, 2.75) is 25.3 Å². The largest absolute Gasteiger partial charge is 0.497 e. The molecule has 0 bridgehead atoms. The zero-order valence-electron chi connectivity index (χ0n) is 19.7. The van der Waals surface area contributed by atoms with E-state index in [0.717, 1.165) is 68.3 Å². The molecule has 0 saturated carbocycles. The van der Waals surface area contributed by atoms with Gasteiger partial charge in [0.05, 0.1) is 24.5 Å². The summed E-state index contributed by atoms with van der Waals surface area (Å²) in [6.45, 7) is 0. The predicted molar refractivity (Wildman–Crippen MR) is 152 cm³/mol. The highest BCUT2D eigenvalue weighted by molar-refractivity contribution is 8.16. The van der Waals surface area contributed by atoms with Crippen molar-refractivity contribution >= 4 is 51.9 Å². The minimum absolute atomic E-state index is 0.0282. The predicted octanol–water partition coefficient (Wildman–Crippen LogP) is 8.98. The Morgan fingerprint density at radius 2 is 1.69 bits per heavy atom. The Morgan fingerprint density at radius 1 is 0.944 bits per heavy atom. The number of benzene rings is 3. The third kappa shape index (κ3) is 4.17. The van der Waals surface area contributed by atoms with E-state index in [9.17, 15) is 0 Å². The first-order chi connectivity index (χ1) is 17.6. The van der Waals surface area contributed by atoms with Gasteiger partial charge in [0.2, 0.25) is 0 Å². The van der Waals surface area contributed by atoms with Crippen molar-refractivity contribution in [1.82, 2.24) is 4.90 Å². The van der Waals surface area contributed by atoms with E-state index in [4.69, 9.17) is 32.9 Å². The SMILES string of the molecule is COc1ccc(C2=CSC3=NC4=C(CCC/C4=C\c4ccccc4Cl)[C@H](c4ccccc4Cl)N23)cc1. The summed E-state index contributed by atoms with van der Waals surface area (Å²) in [6.07, 6.45) is 5.21. The standard InChI is InChI=1S/C30H24Cl2N2OS/c1-35-22-15-13-19(14-16-22)27-18-36-30-33-28-21(17-20-7-2-4-11-25(20)31)8-6-10-24(28)29(34(27)30)23-9-3-5-12-26(23)32/h2-5,7,9,11-18,29H,6,8,10H2,1H3/b21-17+/t29-/m0/s1. The summed E-state index contributed by atoms with van der Waals surface area (Å²) in [7, 11) is 1.69. The molecule has 0 amide bonds. The lowest BCUT2D eigenvalue weighted by molar-refractivity contribution is 0.414. The quantitative estimate of drug-likeness (QED) is 0.336. The van der Waals surface area contributed by atoms with Gasteiger partial charge in [-0.3, -0.25) is 0 Å². The molecule has 3 aliphatic rings. The molecule has 0 N–H and O–H groups in total. The number of thioether (sulfide) groups is 1. The number of allylic oxidation sites excluding steroid dienone is 1. The van der Waals surface area contributed by atoms with Crippen LogP contribution in [0.3, 0.4) is 0 Å². The van der Waals surface area contributed by atoms with Crippen LogP contribution in [0.1, 0.15) is 42.0 Å². The maximum Gasteiger partial charge on any atom is 0.174 e. The first-order valence-electron chi connectivity index (χ1n) is 12.0. The molecule has 180 valence electrons. The van der Waals surface area contributed by atoms with Crippen molar-refractivity contribution in [3.63, 3.8) is 0 Å². The molecule has 36 heavy (non-hydrogen) atoms. The molecule has 1 aliphatic carbocycles. The average molecular weight is 532 g/mol. The molecule has 0 fully saturated rings. The average Bonchev–Trinajstić information content (AvgIpc) is 3.33. The number of hydrogen-bond donors (Lipinski definition) is 0. The van der Waals surface area contributed by atoms with Crippen molar-refractivity contribution in [2.24, 2.45) is 4.99 Å². The molecule has 3 nitrogen and oxygen atoms in total. The third-order valence-corrected chi connectivity index (χ3v) is 8.39. The Hall–Kier alpha value is -2.92. The highest BCUT2D eigenvalue weighted by atomic mass is 35.5. The first kappa shape index (κ1) is 23.5. The molecule has 6 rings (SSSR count). The van der Waals surface area contributed by atoms with Crippen LogP contribution >= 0.6 is 35.0 Å². The van der Waals surface area contributed by atoms with Gasteiger partial charge in [0.15, 0.2) is 5.17 Å². The van der Waals surface area contributed by atoms with E-state index in [1.807, 2.05) is 42.5 Å². The molecular weight excluding hydrogens is 507 g/mol. The van der Waals surface area contributed by atoms with Crippen molar-refractivity contribution in [1.29, 1.82) is 0 Å². The lowest BCUT2D eigenvalue weighted by Gasteiger charge is -2.40. The normalized spacial score (nSPS) is 20.1. The Morgan fingerprint density at radius 3 is 2.44 bits per heavy atom. The molecule has 3 aromatic rings. The number of rotatable bonds is 4. The van der Waals surface area contributed by atoms with Gasteiger partial charge in [-0.1, -0.05) is 71.4 Å². The fourth-order valence-corrected chi connectivity index (χ4v) is 6.50. The molecule has 0 spiro atoms. The van der Waals surface area contributed by atoms with E-state index in [2.05, 4.69) is 46.7 Å². The fraction of sp³-hybridized carbons (Fsp3) is 0.167. The van der Waals surface area contributed by atoms with Crippen LogP contribution in [0.15, 0.2) is 100 Å². The number of ether oxygens (including phenoxy) is 1. The molecule has 0 radical (unpaired) electrons. The molecular formula is C30H24Cl2N2OS. The van der Waals surface area contributed by atoms with Crippen LogP contribution in [0.4, 0.5) is 0 Å². The van der Waals surface area contributed by atoms with Gasteiger partial charge < -0.3 is 9.64 Å². The molecule has 6 heteroatoms. The van der Waals surface area contributed by atoms with Gasteiger partial charge >= 0.3 is 0 Å². The van der Waals surface area contributed by atoms with Crippen molar-refractivity contribution < 1.29 is 4.74 Å². The lowest BCUT2D eigenvalue weighted by Crippen LogP contribution is -2.35. The maximum absolute atomic E-state index is 6.84. The van der Waals surface area contributed by atoms with E-state index in [1.54, 1.807) is 18.9 Å². The number of aliphatic imine (C=N–C) groups is 1. The molecule has 1 atom stereocenters. The first-order valence-corrected chi connectivity index (χ1v) is 13.6. The highest BCUT2D eigenvalue weighted by Crippen LogP contribution is 2.52. The number of hydrogen-bond acceptors (Lipinski definition) is 4. The van der Waals surface area contributed by atoms with E-state index in [0.29, 0.717) is 0 Å². The third-order valence-electron chi connectivity index (χ3n) is 6.86. The Bertz CT molecular complexity index is 1460. The molecule has 2 heterocycles. The number of methoxy groups -OCH3 is 1. The molecule has 3 aromatic carbocycles. The summed E-state index contributed by atoms with van der Waals surface area (Å²) in [5.41, 5.74) is 7.98. The van der Waals surface area contributed by atoms with Gasteiger partial charge in [-0.05, 0) is 89.6 Å². The molecule has 0 saturated heterocycles. The van der Waals surface area contributed by atoms with Crippen LogP contribution in [0.25, 0.3) is 11.8 Å². The van der Waals surface area contributed by atoms with Crippen LogP contribution < -0.4 is 4.74 Å². The zero-order chi connectivity index (χ0) is 24.6. The van der Waals surface area contributed by atoms with Crippen LogP contribution in [0.5, 0.6) is 5.75 Å². The van der Waals surface area contributed by atoms with E-state index in [-0.39, 0.29) is 6.04 Å². The van der Waals surface area contributed by atoms with Gasteiger partial charge in [-0.25, -0.2) is 4.99 Å². The van der Waals surface area contributed by atoms with Crippen LogP contribution in [-0.2, 0) is 0 Å². The zero-order valence-corrected chi connectivity index (χ0v) is 22.1. The number of halogens is 2. The summed E-state index contributed by atoms with van der Waals surface area (Å²) >= 11 is 15.0. The van der Waals surface area contributed by atoms with Crippen molar-refractivity contribution in [3.8, 4) is 5.75 Å². The number of amidine groups is 1. The van der Waals surface area contributed by atoms with E-state index < -0.39 is 0 Å². The van der Waals surface area contributed by atoms with Gasteiger partial charge in [0, 0.05) is 15.5 Å². The summed E-state index contributed by atoms with van der Waals surface area (Å²) in [5, 5.41) is 4.69. The van der Waals surface area contributed by atoms with Crippen LogP contribution in [0.2, 0.25) is 10.0 Å². The number of fused-ring (bicyclic) bond motifs is 1. The second kappa shape index (κ2) is 9.85. The molecule has 0 unspecified atom stereocenters. The van der Waals surface area contributed by atoms with Crippen LogP contribution in [0, 0.1) is 0 Å². The van der Waals surface area contributed by atoms with Gasteiger partial charge in [0.25, 0.3) is 0 Å². The Labute approximate surface area is 225 Å². The maximum atomic E-state index is 6.84. The second-order valence-electron chi connectivity index (χ2n) is 8.96. The summed E-state index contributed by atoms with van der Waals surface area (Å²) < 4.78 is 5.38. The lowest BCUT2D eigenvalue weighted by atomic mass is 9.82. The second-order valence-corrected chi connectivity index (χ2v) is 10.6. The fourth-order valence-electron chi connectivity index (χ4n) is 5.14. The minimum atomic E-state index is -0.0282. The Balaban J connectivity index is 1.50. The van der Waals surface area contributed by atoms with Crippen molar-refractivity contribution in [2.75, 3.05) is 7.11 Å². The summed E-state index contributed by atoms with van der Waals surface area (Å²) in [4.78, 5) is 7.59. The van der Waals surface area contributed by atoms with Gasteiger partial charge in [-0.2, -0.15) is 0 Å². The summed E-state index contributed by atoms with van der Waals surface area (Å²) in [5.74, 6) is 0.840. The van der Waals surface area contributed by atoms with E-state index >= 15 is 0 Å². The molecule has 0 aromatic heterocycles. The Kier molecular flexibility index (Phi) is 6.43. The highest BCUT2D eigenvalue weighted by Gasteiger charge is 2.40. The summed E-state index contributed by atoms with van der Waals surface area (Å²) in [6, 6.07) is 24.3. The van der Waals surface area contributed by atoms with Gasteiger partial charge in [-0.15, -0.1) is 0 Å². The monoisotopic (exact) mass is 530 g/mol. The number of nitrogens with zero attached hydrogens (tertiary/aromatic N) is 2. The topological polar surface area (TPSA) is 24.8 Å². The van der Waals surface area contributed by atoms with Gasteiger partial charge in [0.1, 0.15) is 5.75 Å². The van der Waals surface area contributed by atoms with Crippen molar-refractivity contribution in [3.05, 3.63) is 122 Å². The smallest absolute Gasteiger partial charge is 0.174 e. The van der Waals surface area contributed by atoms with Crippen LogP contribution in [-0.4, -0.2) is 17.2 Å². The van der Waals surface area contributed by atoms with E-state index in [1.165, 1.54) is 11.1 Å². The minimum Gasteiger partial charge on any atom is -0.497 e. The molecule has 2 aliphatic heterocycles.